The van der Waals surface area contributed by atoms with Gasteiger partial charge < -0.3 is 4.57 Å². The van der Waals surface area contributed by atoms with E-state index < -0.39 is 10.0 Å². The van der Waals surface area contributed by atoms with E-state index in [0.29, 0.717) is 14.6 Å². The van der Waals surface area contributed by atoms with E-state index in [0.717, 1.165) is 22.7 Å². The Morgan fingerprint density at radius 1 is 1.11 bits per heavy atom. The fourth-order valence-corrected chi connectivity index (χ4v) is 6.44. The highest BCUT2D eigenvalue weighted by Crippen LogP contribution is 2.30. The van der Waals surface area contributed by atoms with E-state index in [-0.39, 0.29) is 14.9 Å². The molecule has 0 saturated heterocycles. The molecule has 0 amide bonds. The van der Waals surface area contributed by atoms with Crippen LogP contribution < -0.4 is 9.60 Å². The van der Waals surface area contributed by atoms with Crippen molar-refractivity contribution < 1.29 is 8.42 Å². The number of benzene rings is 2. The first-order valence-corrected chi connectivity index (χ1v) is 12.2. The quantitative estimate of drug-likeness (QED) is 0.452. The highest BCUT2D eigenvalue weighted by Gasteiger charge is 2.18. The lowest BCUT2D eigenvalue weighted by atomic mass is 10.2. The minimum Gasteiger partial charge on any atom is -0.302 e. The van der Waals surface area contributed by atoms with Crippen LogP contribution in [0.25, 0.3) is 10.2 Å². The number of hydrogen-bond acceptors (Lipinski definition) is 8. The van der Waals surface area contributed by atoms with E-state index in [1.165, 1.54) is 39.8 Å². The van der Waals surface area contributed by atoms with Crippen LogP contribution >= 0.6 is 34.4 Å². The van der Waals surface area contributed by atoms with Gasteiger partial charge in [0.15, 0.2) is 4.34 Å². The molecule has 0 aliphatic carbocycles. The molecule has 0 fully saturated rings. The van der Waals surface area contributed by atoms with E-state index in [2.05, 4.69) is 14.9 Å². The van der Waals surface area contributed by atoms with Crippen LogP contribution in [0.4, 0.5) is 5.13 Å². The second-order valence-corrected chi connectivity index (χ2v) is 10.7. The van der Waals surface area contributed by atoms with Crippen molar-refractivity contribution in [3.05, 3.63) is 63.8 Å². The summed E-state index contributed by atoms with van der Waals surface area (Å²) in [4.78, 5) is 11.7. The molecule has 0 saturated carbocycles. The first kappa shape index (κ1) is 19.1. The van der Waals surface area contributed by atoms with Gasteiger partial charge in [0, 0.05) is 12.8 Å². The summed E-state index contributed by atoms with van der Waals surface area (Å²) in [5.74, 6) is 0.728. The van der Waals surface area contributed by atoms with Crippen LogP contribution in [0.5, 0.6) is 0 Å². The third-order valence-corrected chi connectivity index (χ3v) is 8.41. The molecule has 0 aliphatic rings. The lowest BCUT2D eigenvalue weighted by Crippen LogP contribution is -2.12. The fourth-order valence-electron chi connectivity index (χ4n) is 2.48. The molecule has 2 aromatic carbocycles. The maximum Gasteiger partial charge on any atom is 0.307 e. The Morgan fingerprint density at radius 3 is 2.68 bits per heavy atom. The third-order valence-electron chi connectivity index (χ3n) is 3.91. The number of fused-ring (bicyclic) bond motifs is 1. The highest BCUT2D eigenvalue weighted by atomic mass is 32.2. The van der Waals surface area contributed by atoms with Crippen molar-refractivity contribution in [3.63, 3.8) is 0 Å². The molecule has 144 valence electrons. The van der Waals surface area contributed by atoms with Crippen LogP contribution in [0.3, 0.4) is 0 Å². The highest BCUT2D eigenvalue weighted by molar-refractivity contribution is 8.00. The Labute approximate surface area is 173 Å². The zero-order chi connectivity index (χ0) is 19.7. The Bertz CT molecular complexity index is 1290. The standard InChI is InChI=1S/C17H14N4O3S4/c1-21-13-8-7-12(9-14(13)26-17(21)22)28(23,24)20-15-18-19-16(27-15)25-10-11-5-3-2-4-6-11/h2-9H,10H2,1H3,(H,18,20). The first-order valence-electron chi connectivity index (χ1n) is 8.05. The van der Waals surface area contributed by atoms with Gasteiger partial charge in [0.05, 0.1) is 15.1 Å². The number of thiazole rings is 1. The molecule has 4 rings (SSSR count). The Kier molecular flexibility index (Phi) is 5.23. The Morgan fingerprint density at radius 2 is 1.89 bits per heavy atom. The van der Waals surface area contributed by atoms with Crippen molar-refractivity contribution >= 4 is 59.8 Å². The normalized spacial score (nSPS) is 11.8. The third kappa shape index (κ3) is 3.97. The molecule has 2 heterocycles. The van der Waals surface area contributed by atoms with E-state index in [4.69, 9.17) is 0 Å². The predicted octanol–water partition coefficient (Wildman–Crippen LogP) is 3.54. The lowest BCUT2D eigenvalue weighted by Gasteiger charge is -2.04. The summed E-state index contributed by atoms with van der Waals surface area (Å²) in [7, 11) is -2.16. The average Bonchev–Trinajstić information content (AvgIpc) is 3.24. The van der Waals surface area contributed by atoms with Crippen molar-refractivity contribution in [2.45, 2.75) is 15.0 Å². The first-order chi connectivity index (χ1) is 13.4. The van der Waals surface area contributed by atoms with Crippen molar-refractivity contribution in [3.8, 4) is 0 Å². The largest absolute Gasteiger partial charge is 0.307 e. The van der Waals surface area contributed by atoms with Gasteiger partial charge in [-0.15, -0.1) is 10.2 Å². The van der Waals surface area contributed by atoms with Gasteiger partial charge in [-0.05, 0) is 23.8 Å². The van der Waals surface area contributed by atoms with Crippen LogP contribution in [0.1, 0.15) is 5.56 Å². The molecule has 0 spiro atoms. The summed E-state index contributed by atoms with van der Waals surface area (Å²) in [6, 6.07) is 14.5. The lowest BCUT2D eigenvalue weighted by molar-refractivity contribution is 0.601. The maximum atomic E-state index is 12.7. The molecule has 0 unspecified atom stereocenters. The van der Waals surface area contributed by atoms with Crippen LogP contribution in [-0.2, 0) is 22.8 Å². The molecular weight excluding hydrogens is 436 g/mol. The minimum absolute atomic E-state index is 0.0792. The number of nitrogens with one attached hydrogen (secondary N) is 1. The van der Waals surface area contributed by atoms with E-state index in [9.17, 15) is 13.2 Å². The Hall–Kier alpha value is -2.21. The Balaban J connectivity index is 1.50. The molecule has 2 aromatic heterocycles. The van der Waals surface area contributed by atoms with Crippen LogP contribution in [0.15, 0.2) is 62.6 Å². The molecule has 0 aliphatic heterocycles. The van der Waals surface area contributed by atoms with Gasteiger partial charge in [0.25, 0.3) is 10.0 Å². The van der Waals surface area contributed by atoms with Crippen molar-refractivity contribution in [1.29, 1.82) is 0 Å². The summed E-state index contributed by atoms with van der Waals surface area (Å²) < 4.78 is 30.6. The fraction of sp³-hybridized carbons (Fsp3) is 0.118. The number of sulfonamides is 1. The number of nitrogens with zero attached hydrogens (tertiary/aromatic N) is 3. The zero-order valence-electron chi connectivity index (χ0n) is 14.5. The summed E-state index contributed by atoms with van der Waals surface area (Å²) in [5.41, 5.74) is 1.85. The van der Waals surface area contributed by atoms with Crippen molar-refractivity contribution in [2.75, 3.05) is 4.72 Å². The number of aromatic nitrogens is 3. The van der Waals surface area contributed by atoms with Gasteiger partial charge in [-0.3, -0.25) is 9.52 Å². The molecular formula is C17H14N4O3S4. The summed E-state index contributed by atoms with van der Waals surface area (Å²) in [6.45, 7) is 0. The van der Waals surface area contributed by atoms with Crippen LogP contribution in [0, 0.1) is 0 Å². The SMILES string of the molecule is Cn1c(=O)sc2cc(S(=O)(=O)Nc3nnc(SCc4ccccc4)s3)ccc21. The average molecular weight is 451 g/mol. The van der Waals surface area contributed by atoms with Gasteiger partial charge in [0.2, 0.25) is 5.13 Å². The molecule has 1 N–H and O–H groups in total. The van der Waals surface area contributed by atoms with Crippen LogP contribution in [-0.4, -0.2) is 23.2 Å². The summed E-state index contributed by atoms with van der Waals surface area (Å²) in [6.07, 6.45) is 0. The van der Waals surface area contributed by atoms with Gasteiger partial charge in [-0.25, -0.2) is 8.42 Å². The van der Waals surface area contributed by atoms with E-state index in [1.807, 2.05) is 30.3 Å². The zero-order valence-corrected chi connectivity index (χ0v) is 17.8. The van der Waals surface area contributed by atoms with E-state index >= 15 is 0 Å². The second-order valence-electron chi connectivity index (χ2n) is 5.81. The van der Waals surface area contributed by atoms with E-state index in [1.54, 1.807) is 13.1 Å². The second kappa shape index (κ2) is 7.66. The number of anilines is 1. The molecule has 28 heavy (non-hydrogen) atoms. The summed E-state index contributed by atoms with van der Waals surface area (Å²) >= 11 is 3.69. The monoisotopic (exact) mass is 450 g/mol. The molecule has 4 aromatic rings. The van der Waals surface area contributed by atoms with Crippen molar-refractivity contribution in [1.82, 2.24) is 14.8 Å². The van der Waals surface area contributed by atoms with Gasteiger partial charge in [-0.1, -0.05) is 64.8 Å². The molecule has 11 heteroatoms. The number of thioether (sulfide) groups is 1. The molecule has 0 atom stereocenters. The van der Waals surface area contributed by atoms with Gasteiger partial charge in [-0.2, -0.15) is 0 Å². The molecule has 7 nitrogen and oxygen atoms in total. The topological polar surface area (TPSA) is 94.0 Å². The minimum atomic E-state index is -3.82. The maximum absolute atomic E-state index is 12.7. The molecule has 0 radical (unpaired) electrons. The molecule has 0 bridgehead atoms. The smallest absolute Gasteiger partial charge is 0.302 e. The van der Waals surface area contributed by atoms with Gasteiger partial charge in [0.1, 0.15) is 0 Å². The summed E-state index contributed by atoms with van der Waals surface area (Å²) in [5, 5.41) is 8.17. The van der Waals surface area contributed by atoms with Crippen molar-refractivity contribution in [2.24, 2.45) is 7.05 Å². The number of hydrogen-bond donors (Lipinski definition) is 1. The number of aryl methyl sites for hydroxylation is 1. The van der Waals surface area contributed by atoms with Gasteiger partial charge >= 0.3 is 4.87 Å². The predicted molar refractivity (Wildman–Crippen MR) is 114 cm³/mol. The number of rotatable bonds is 6. The van der Waals surface area contributed by atoms with Crippen LogP contribution in [0.2, 0.25) is 0 Å².